The van der Waals surface area contributed by atoms with E-state index < -0.39 is 0 Å². The Kier molecular flexibility index (Phi) is 7.98. The lowest BCUT2D eigenvalue weighted by Gasteiger charge is -2.41. The van der Waals surface area contributed by atoms with E-state index in [1.54, 1.807) is 0 Å². The van der Waals surface area contributed by atoms with Crippen molar-refractivity contribution in [1.82, 2.24) is 0 Å². The second kappa shape index (κ2) is 11.1. The lowest BCUT2D eigenvalue weighted by Crippen LogP contribution is -2.32. The van der Waals surface area contributed by atoms with E-state index in [9.17, 15) is 0 Å². The fourth-order valence-corrected chi connectivity index (χ4v) is 8.44. The molecular formula is C30H44O2S. The predicted octanol–water partition coefficient (Wildman–Crippen LogP) is 9.18. The molecule has 0 spiro atoms. The minimum Gasteiger partial charge on any atom is -0.494 e. The Morgan fingerprint density at radius 2 is 1.48 bits per heavy atom. The first-order valence-electron chi connectivity index (χ1n) is 14.0. The monoisotopic (exact) mass is 468 g/mol. The van der Waals surface area contributed by atoms with Crippen molar-refractivity contribution in [2.45, 2.75) is 97.0 Å². The first-order valence-corrected chi connectivity index (χ1v) is 14.8. The molecule has 1 aliphatic heterocycles. The van der Waals surface area contributed by atoms with Crippen LogP contribution in [0.3, 0.4) is 0 Å². The summed E-state index contributed by atoms with van der Waals surface area (Å²) in [6, 6.07) is 8.82. The number of hydrogen-bond donors (Lipinski definition) is 0. The van der Waals surface area contributed by atoms with Gasteiger partial charge in [-0.1, -0.05) is 32.6 Å². The Bertz CT molecular complexity index is 865. The number of ether oxygens (including phenoxy) is 2. The zero-order valence-corrected chi connectivity index (χ0v) is 21.7. The van der Waals surface area contributed by atoms with Crippen LogP contribution in [0, 0.1) is 29.6 Å². The largest absolute Gasteiger partial charge is 0.494 e. The van der Waals surface area contributed by atoms with Crippen molar-refractivity contribution in [2.75, 3.05) is 13.2 Å². The summed E-state index contributed by atoms with van der Waals surface area (Å²) in [6.45, 7) is 6.09. The maximum atomic E-state index is 6.49. The average Bonchev–Trinajstić information content (AvgIpc) is 3.29. The van der Waals surface area contributed by atoms with Gasteiger partial charge in [0.1, 0.15) is 5.75 Å². The molecule has 33 heavy (non-hydrogen) atoms. The Hall–Kier alpha value is -1.06. The van der Waals surface area contributed by atoms with Gasteiger partial charge in [0.2, 0.25) is 0 Å². The second-order valence-electron chi connectivity index (χ2n) is 11.2. The number of fused-ring (bicyclic) bond motifs is 1. The second-order valence-corrected chi connectivity index (χ2v) is 12.3. The van der Waals surface area contributed by atoms with Crippen molar-refractivity contribution in [3.05, 3.63) is 29.1 Å². The first kappa shape index (κ1) is 23.7. The van der Waals surface area contributed by atoms with Gasteiger partial charge in [-0.05, 0) is 118 Å². The predicted molar refractivity (Wildman–Crippen MR) is 140 cm³/mol. The van der Waals surface area contributed by atoms with Crippen LogP contribution in [0.2, 0.25) is 0 Å². The van der Waals surface area contributed by atoms with E-state index in [2.05, 4.69) is 31.2 Å². The summed E-state index contributed by atoms with van der Waals surface area (Å²) >= 11 is 1.89. The molecule has 2 unspecified atom stereocenters. The van der Waals surface area contributed by atoms with Crippen LogP contribution in [0.4, 0.5) is 0 Å². The minimum absolute atomic E-state index is 0.295. The zero-order chi connectivity index (χ0) is 22.6. The Labute approximate surface area is 205 Å². The molecule has 2 aromatic rings. The topological polar surface area (TPSA) is 18.5 Å². The average molecular weight is 469 g/mol. The van der Waals surface area contributed by atoms with Gasteiger partial charge in [-0.25, -0.2) is 0 Å². The van der Waals surface area contributed by atoms with E-state index in [1.165, 1.54) is 92.0 Å². The highest BCUT2D eigenvalue weighted by molar-refractivity contribution is 7.19. The third-order valence-corrected chi connectivity index (χ3v) is 10.4. The quantitative estimate of drug-likeness (QED) is 0.403. The molecule has 3 fully saturated rings. The van der Waals surface area contributed by atoms with E-state index in [0.29, 0.717) is 6.10 Å². The van der Waals surface area contributed by atoms with Crippen LogP contribution in [0.5, 0.6) is 5.75 Å². The lowest BCUT2D eigenvalue weighted by atomic mass is 9.66. The summed E-state index contributed by atoms with van der Waals surface area (Å²) in [7, 11) is 0. The van der Waals surface area contributed by atoms with E-state index in [1.807, 2.05) is 18.3 Å². The smallest absolute Gasteiger partial charge is 0.120 e. The first-order chi connectivity index (χ1) is 16.2. The van der Waals surface area contributed by atoms with E-state index in [0.717, 1.165) is 48.6 Å². The van der Waals surface area contributed by atoms with Crippen LogP contribution >= 0.6 is 11.3 Å². The van der Waals surface area contributed by atoms with Crippen LogP contribution < -0.4 is 4.74 Å². The molecule has 0 amide bonds. The Morgan fingerprint density at radius 1 is 0.818 bits per heavy atom. The molecule has 0 bridgehead atoms. The van der Waals surface area contributed by atoms with Gasteiger partial charge in [0.05, 0.1) is 19.3 Å². The SMILES string of the molecule is CCCC1CCC(C2CCC(C3CCC(c4cc5ccc(OCC)cc5s4)OC3)CC2)CC1. The standard InChI is InChI=1S/C30H44O2S/c1-3-5-21-6-8-22(9-7-21)23-10-12-24(13-11-23)26-15-17-28(32-20-26)30-18-25-14-16-27(31-4-2)19-29(25)33-30/h14,16,18-19,21-24,26,28H,3-13,15,17,20H2,1-2H3. The molecule has 1 aromatic heterocycles. The number of thiophene rings is 1. The van der Waals surface area contributed by atoms with Gasteiger partial charge in [0, 0.05) is 9.58 Å². The molecule has 2 heterocycles. The molecule has 0 N–H and O–H groups in total. The molecule has 1 saturated heterocycles. The van der Waals surface area contributed by atoms with Crippen molar-refractivity contribution in [2.24, 2.45) is 29.6 Å². The van der Waals surface area contributed by atoms with Crippen LogP contribution in [0.1, 0.15) is 102 Å². The molecule has 2 aliphatic carbocycles. The number of hydrogen-bond acceptors (Lipinski definition) is 3. The highest BCUT2D eigenvalue weighted by atomic mass is 32.1. The third-order valence-electron chi connectivity index (χ3n) is 9.19. The summed E-state index contributed by atoms with van der Waals surface area (Å²) in [5.41, 5.74) is 0. The Balaban J connectivity index is 1.09. The van der Waals surface area contributed by atoms with E-state index >= 15 is 0 Å². The van der Waals surface area contributed by atoms with Gasteiger partial charge < -0.3 is 9.47 Å². The van der Waals surface area contributed by atoms with E-state index in [-0.39, 0.29) is 0 Å². The van der Waals surface area contributed by atoms with Crippen molar-refractivity contribution in [3.8, 4) is 5.75 Å². The maximum Gasteiger partial charge on any atom is 0.120 e. The molecule has 0 radical (unpaired) electrons. The van der Waals surface area contributed by atoms with Crippen molar-refractivity contribution < 1.29 is 9.47 Å². The minimum atomic E-state index is 0.295. The van der Waals surface area contributed by atoms with Crippen LogP contribution in [-0.4, -0.2) is 13.2 Å². The van der Waals surface area contributed by atoms with Gasteiger partial charge in [-0.3, -0.25) is 0 Å². The lowest BCUT2D eigenvalue weighted by molar-refractivity contribution is -0.0405. The number of rotatable bonds is 7. The summed E-state index contributed by atoms with van der Waals surface area (Å²) in [5.74, 6) is 5.80. The zero-order valence-electron chi connectivity index (χ0n) is 20.9. The normalized spacial score (nSPS) is 33.3. The molecule has 1 aromatic carbocycles. The highest BCUT2D eigenvalue weighted by Crippen LogP contribution is 2.46. The molecular weight excluding hydrogens is 424 g/mol. The van der Waals surface area contributed by atoms with Crippen LogP contribution in [0.15, 0.2) is 24.3 Å². The van der Waals surface area contributed by atoms with Crippen molar-refractivity contribution >= 4 is 21.4 Å². The van der Waals surface area contributed by atoms with Gasteiger partial charge in [0.25, 0.3) is 0 Å². The van der Waals surface area contributed by atoms with Crippen LogP contribution in [-0.2, 0) is 4.74 Å². The third kappa shape index (κ3) is 5.61. The maximum absolute atomic E-state index is 6.49. The molecule has 3 aliphatic rings. The fraction of sp³-hybridized carbons (Fsp3) is 0.733. The molecule has 2 atom stereocenters. The Morgan fingerprint density at radius 3 is 2.12 bits per heavy atom. The van der Waals surface area contributed by atoms with Gasteiger partial charge in [0.15, 0.2) is 0 Å². The highest BCUT2D eigenvalue weighted by Gasteiger charge is 2.35. The van der Waals surface area contributed by atoms with Gasteiger partial charge in [-0.15, -0.1) is 11.3 Å². The summed E-state index contributed by atoms with van der Waals surface area (Å²) in [4.78, 5) is 1.40. The number of benzene rings is 1. The van der Waals surface area contributed by atoms with E-state index in [4.69, 9.17) is 9.47 Å². The summed E-state index contributed by atoms with van der Waals surface area (Å²) in [6.07, 6.45) is 17.7. The summed E-state index contributed by atoms with van der Waals surface area (Å²) < 4.78 is 13.5. The molecule has 2 nitrogen and oxygen atoms in total. The van der Waals surface area contributed by atoms with Gasteiger partial charge in [-0.2, -0.15) is 0 Å². The van der Waals surface area contributed by atoms with Gasteiger partial charge >= 0.3 is 0 Å². The van der Waals surface area contributed by atoms with Crippen molar-refractivity contribution in [3.63, 3.8) is 0 Å². The summed E-state index contributed by atoms with van der Waals surface area (Å²) in [5, 5.41) is 1.33. The molecule has 5 rings (SSSR count). The van der Waals surface area contributed by atoms with Crippen molar-refractivity contribution in [1.29, 1.82) is 0 Å². The molecule has 3 heteroatoms. The molecule has 182 valence electrons. The van der Waals surface area contributed by atoms with Crippen LogP contribution in [0.25, 0.3) is 10.1 Å². The fourth-order valence-electron chi connectivity index (χ4n) is 7.26. The molecule has 2 saturated carbocycles.